The quantitative estimate of drug-likeness (QED) is 0.918. The van der Waals surface area contributed by atoms with Gasteiger partial charge in [0.2, 0.25) is 0 Å². The molecule has 6 nitrogen and oxygen atoms in total. The lowest BCUT2D eigenvalue weighted by atomic mass is 10.2. The van der Waals surface area contributed by atoms with Gasteiger partial charge in [-0.1, -0.05) is 6.07 Å². The maximum atomic E-state index is 12.1. The summed E-state index contributed by atoms with van der Waals surface area (Å²) >= 11 is 0. The van der Waals surface area contributed by atoms with E-state index >= 15 is 0 Å². The third kappa shape index (κ3) is 3.21. The molecule has 1 aliphatic rings. The summed E-state index contributed by atoms with van der Waals surface area (Å²) in [5, 5.41) is 12.2. The van der Waals surface area contributed by atoms with E-state index in [1.165, 1.54) is 0 Å². The zero-order chi connectivity index (χ0) is 16.2. The monoisotopic (exact) mass is 313 g/mol. The van der Waals surface area contributed by atoms with Crippen molar-refractivity contribution < 1.29 is 14.3 Å². The van der Waals surface area contributed by atoms with Gasteiger partial charge in [-0.3, -0.25) is 4.79 Å². The van der Waals surface area contributed by atoms with E-state index in [0.29, 0.717) is 18.0 Å². The first-order chi connectivity index (χ1) is 11.2. The minimum absolute atomic E-state index is 0.0517. The third-order valence-corrected chi connectivity index (χ3v) is 4.03. The molecule has 0 radical (unpaired) electrons. The van der Waals surface area contributed by atoms with Crippen LogP contribution >= 0.6 is 0 Å². The molecule has 0 saturated carbocycles. The lowest BCUT2D eigenvalue weighted by Crippen LogP contribution is -2.23. The lowest BCUT2D eigenvalue weighted by molar-refractivity contribution is -0.121. The van der Waals surface area contributed by atoms with E-state index in [4.69, 9.17) is 9.47 Å². The number of aromatic nitrogens is 1. The maximum Gasteiger partial charge on any atom is 0.251 e. The highest BCUT2D eigenvalue weighted by Crippen LogP contribution is 2.26. The lowest BCUT2D eigenvalue weighted by Gasteiger charge is -2.10. The maximum absolute atomic E-state index is 12.1. The summed E-state index contributed by atoms with van der Waals surface area (Å²) in [5.41, 5.74) is 2.23. The molecule has 3 rings (SSSR count). The number of nitrogens with one attached hydrogen (secondary N) is 1. The number of carbonyl (C=O) groups excluding carboxylic acids is 1. The summed E-state index contributed by atoms with van der Waals surface area (Å²) < 4.78 is 12.7. The molecule has 2 aromatic rings. The summed E-state index contributed by atoms with van der Waals surface area (Å²) in [7, 11) is 0. The second kappa shape index (κ2) is 6.82. The number of nitrogens with zero attached hydrogens (tertiary/aromatic N) is 2. The van der Waals surface area contributed by atoms with Crippen LogP contribution in [0.25, 0.3) is 5.52 Å². The fraction of sp³-hybridized carbons (Fsp3) is 0.412. The third-order valence-electron chi connectivity index (χ3n) is 4.03. The molecule has 1 saturated heterocycles. The molecule has 1 N–H and O–H groups in total. The molecule has 120 valence electrons. The van der Waals surface area contributed by atoms with Gasteiger partial charge in [-0.25, -0.2) is 0 Å². The van der Waals surface area contributed by atoms with E-state index in [-0.39, 0.29) is 18.6 Å². The molecule has 0 aliphatic carbocycles. The predicted molar refractivity (Wildman–Crippen MR) is 85.3 cm³/mol. The van der Waals surface area contributed by atoms with E-state index in [0.717, 1.165) is 30.5 Å². The molecule has 0 unspecified atom stereocenters. The number of aryl methyl sites for hydroxylation is 1. The minimum Gasteiger partial charge on any atom is -0.376 e. The van der Waals surface area contributed by atoms with Crippen molar-refractivity contribution in [1.29, 1.82) is 5.26 Å². The van der Waals surface area contributed by atoms with Crippen molar-refractivity contribution in [1.82, 2.24) is 4.40 Å². The Hall–Kier alpha value is -2.36. The van der Waals surface area contributed by atoms with Crippen LogP contribution in [0.1, 0.15) is 24.0 Å². The number of anilines is 1. The molecule has 23 heavy (non-hydrogen) atoms. The smallest absolute Gasteiger partial charge is 0.251 e. The van der Waals surface area contributed by atoms with Crippen molar-refractivity contribution in [2.75, 3.05) is 25.1 Å². The summed E-state index contributed by atoms with van der Waals surface area (Å²) in [6, 6.07) is 7.84. The summed E-state index contributed by atoms with van der Waals surface area (Å²) in [4.78, 5) is 12.1. The van der Waals surface area contributed by atoms with Crippen molar-refractivity contribution in [2.24, 2.45) is 0 Å². The van der Waals surface area contributed by atoms with E-state index in [9.17, 15) is 10.1 Å². The van der Waals surface area contributed by atoms with Crippen molar-refractivity contribution in [3.63, 3.8) is 0 Å². The van der Waals surface area contributed by atoms with E-state index in [1.54, 1.807) is 0 Å². The van der Waals surface area contributed by atoms with Crippen molar-refractivity contribution in [3.05, 3.63) is 35.5 Å². The number of nitriles is 1. The molecular weight excluding hydrogens is 294 g/mol. The second-order valence-electron chi connectivity index (χ2n) is 5.61. The zero-order valence-corrected chi connectivity index (χ0v) is 13.0. The highest BCUT2D eigenvalue weighted by Gasteiger charge is 2.18. The first-order valence-electron chi connectivity index (χ1n) is 7.69. The number of hydrogen-bond acceptors (Lipinski definition) is 4. The number of fused-ring (bicyclic) bond motifs is 1. The highest BCUT2D eigenvalue weighted by molar-refractivity contribution is 5.94. The Labute approximate surface area is 134 Å². The van der Waals surface area contributed by atoms with Gasteiger partial charge in [0.25, 0.3) is 5.91 Å². The number of ether oxygens (including phenoxy) is 2. The van der Waals surface area contributed by atoms with Gasteiger partial charge in [0.15, 0.2) is 0 Å². The van der Waals surface area contributed by atoms with Gasteiger partial charge in [-0.2, -0.15) is 5.26 Å². The predicted octanol–water partition coefficient (Wildman–Crippen LogP) is 2.25. The molecule has 0 bridgehead atoms. The van der Waals surface area contributed by atoms with Gasteiger partial charge in [-0.05, 0) is 37.5 Å². The van der Waals surface area contributed by atoms with Gasteiger partial charge in [-0.15, -0.1) is 0 Å². The molecule has 6 heteroatoms. The highest BCUT2D eigenvalue weighted by atomic mass is 16.5. The minimum atomic E-state index is -0.275. The van der Waals surface area contributed by atoms with E-state index in [2.05, 4.69) is 11.4 Å². The van der Waals surface area contributed by atoms with Gasteiger partial charge >= 0.3 is 0 Å². The van der Waals surface area contributed by atoms with Crippen LogP contribution in [0.3, 0.4) is 0 Å². The van der Waals surface area contributed by atoms with Crippen LogP contribution in [0, 0.1) is 18.3 Å². The molecular formula is C17H19N3O3. The fourth-order valence-electron chi connectivity index (χ4n) is 2.86. The molecule has 0 spiro atoms. The molecule has 1 amide bonds. The molecule has 1 atom stereocenters. The van der Waals surface area contributed by atoms with Gasteiger partial charge in [0.1, 0.15) is 18.5 Å². The SMILES string of the molecule is Cc1c(C#N)c(NC(=O)COC[C@H]2CCCO2)n2ccccc12. The fourth-order valence-corrected chi connectivity index (χ4v) is 2.86. The van der Waals surface area contributed by atoms with Crippen molar-refractivity contribution in [3.8, 4) is 6.07 Å². The van der Waals surface area contributed by atoms with Crippen LogP contribution in [0.4, 0.5) is 5.82 Å². The van der Waals surface area contributed by atoms with Crippen molar-refractivity contribution in [2.45, 2.75) is 25.9 Å². The number of hydrogen-bond donors (Lipinski definition) is 1. The van der Waals surface area contributed by atoms with Crippen molar-refractivity contribution >= 4 is 17.2 Å². The Morgan fingerprint density at radius 2 is 2.43 bits per heavy atom. The number of rotatable bonds is 5. The summed E-state index contributed by atoms with van der Waals surface area (Å²) in [6.45, 7) is 3.01. The zero-order valence-electron chi connectivity index (χ0n) is 13.0. The normalized spacial score (nSPS) is 17.3. The van der Waals surface area contributed by atoms with Gasteiger partial charge < -0.3 is 19.2 Å². The van der Waals surface area contributed by atoms with Crippen LogP contribution in [-0.2, 0) is 14.3 Å². The number of amides is 1. The average Bonchev–Trinajstić information content (AvgIpc) is 3.15. The van der Waals surface area contributed by atoms with Crippen LogP contribution in [0.2, 0.25) is 0 Å². The topological polar surface area (TPSA) is 75.8 Å². The summed E-state index contributed by atoms with van der Waals surface area (Å²) in [5.74, 6) is 0.217. The number of carbonyl (C=O) groups is 1. The van der Waals surface area contributed by atoms with Crippen LogP contribution in [0.5, 0.6) is 0 Å². The average molecular weight is 313 g/mol. The summed E-state index contributed by atoms with van der Waals surface area (Å²) in [6.07, 6.45) is 3.93. The first-order valence-corrected chi connectivity index (χ1v) is 7.69. The molecule has 2 aromatic heterocycles. The van der Waals surface area contributed by atoms with Crippen LogP contribution in [-0.4, -0.2) is 36.2 Å². The van der Waals surface area contributed by atoms with Gasteiger partial charge in [0.05, 0.1) is 23.8 Å². The molecule has 1 fully saturated rings. The Morgan fingerprint density at radius 1 is 1.57 bits per heavy atom. The first kappa shape index (κ1) is 15.5. The van der Waals surface area contributed by atoms with E-state index in [1.807, 2.05) is 35.7 Å². The van der Waals surface area contributed by atoms with Crippen LogP contribution < -0.4 is 5.32 Å². The molecule has 3 heterocycles. The Bertz CT molecular complexity index is 754. The second-order valence-corrected chi connectivity index (χ2v) is 5.61. The molecule has 1 aliphatic heterocycles. The Balaban J connectivity index is 1.68. The van der Waals surface area contributed by atoms with E-state index < -0.39 is 0 Å². The number of pyridine rings is 1. The van der Waals surface area contributed by atoms with Gasteiger partial charge in [0, 0.05) is 12.8 Å². The largest absolute Gasteiger partial charge is 0.376 e. The Morgan fingerprint density at radius 3 is 3.17 bits per heavy atom. The molecule has 0 aromatic carbocycles. The standard InChI is InChI=1S/C17H19N3O3/c1-12-14(9-18)17(20-7-3-2-6-15(12)20)19-16(21)11-22-10-13-5-4-8-23-13/h2-3,6-7,13H,4-5,8,10-11H2,1H3,(H,19,21)/t13-/m1/s1. The Kier molecular flexibility index (Phi) is 4.60. The van der Waals surface area contributed by atoms with Crippen LogP contribution in [0.15, 0.2) is 24.4 Å².